The lowest BCUT2D eigenvalue weighted by Gasteiger charge is -2.30. The van der Waals surface area contributed by atoms with E-state index in [0.29, 0.717) is 24.8 Å². The van der Waals surface area contributed by atoms with Gasteiger partial charge in [-0.25, -0.2) is 4.98 Å². The highest BCUT2D eigenvalue weighted by molar-refractivity contribution is 7.15. The fourth-order valence-corrected chi connectivity index (χ4v) is 3.21. The molecule has 0 spiro atoms. The standard InChI is InChI=1S/C13H14ClN3O2S/c1-9-8-16(4-6-19-9)11(18)3-2-10-12(14)15-13-17(10)5-7-20-13/h2-3,5,7,9H,4,6,8H2,1H3. The van der Waals surface area contributed by atoms with E-state index in [1.54, 1.807) is 17.1 Å². The first-order valence-electron chi connectivity index (χ1n) is 6.35. The number of fused-ring (bicyclic) bond motifs is 1. The van der Waals surface area contributed by atoms with Gasteiger partial charge in [-0.05, 0) is 13.0 Å². The first-order valence-corrected chi connectivity index (χ1v) is 7.60. The van der Waals surface area contributed by atoms with Crippen molar-refractivity contribution in [2.75, 3.05) is 19.7 Å². The molecular formula is C13H14ClN3O2S. The molecule has 0 radical (unpaired) electrons. The Kier molecular flexibility index (Phi) is 3.78. The van der Waals surface area contributed by atoms with Crippen molar-refractivity contribution in [1.82, 2.24) is 14.3 Å². The average molecular weight is 312 g/mol. The van der Waals surface area contributed by atoms with Crippen LogP contribution in [0.1, 0.15) is 12.6 Å². The molecule has 0 bridgehead atoms. The van der Waals surface area contributed by atoms with Gasteiger partial charge in [0.2, 0.25) is 5.91 Å². The number of ether oxygens (including phenoxy) is 1. The summed E-state index contributed by atoms with van der Waals surface area (Å²) in [6, 6.07) is 0. The molecule has 1 saturated heterocycles. The maximum Gasteiger partial charge on any atom is 0.246 e. The van der Waals surface area contributed by atoms with Gasteiger partial charge in [0.1, 0.15) is 0 Å². The van der Waals surface area contributed by atoms with Gasteiger partial charge in [-0.1, -0.05) is 11.6 Å². The molecule has 1 aliphatic rings. The van der Waals surface area contributed by atoms with Crippen LogP contribution in [0.25, 0.3) is 11.0 Å². The fourth-order valence-electron chi connectivity index (χ4n) is 2.20. The molecule has 5 nitrogen and oxygen atoms in total. The first-order chi connectivity index (χ1) is 9.65. The quantitative estimate of drug-likeness (QED) is 0.800. The highest BCUT2D eigenvalue weighted by Gasteiger charge is 2.19. The Morgan fingerprint density at radius 3 is 3.30 bits per heavy atom. The number of aromatic nitrogens is 2. The third-order valence-corrected chi connectivity index (χ3v) is 4.23. The Morgan fingerprint density at radius 2 is 2.50 bits per heavy atom. The summed E-state index contributed by atoms with van der Waals surface area (Å²) in [5.74, 6) is -0.0265. The lowest BCUT2D eigenvalue weighted by atomic mass is 10.3. The number of amides is 1. The molecule has 0 aromatic carbocycles. The number of rotatable bonds is 2. The number of carbonyl (C=O) groups is 1. The Labute approximate surface area is 125 Å². The predicted octanol–water partition coefficient (Wildman–Crippen LogP) is 2.31. The molecule has 1 unspecified atom stereocenters. The smallest absolute Gasteiger partial charge is 0.246 e. The van der Waals surface area contributed by atoms with Crippen LogP contribution in [0.5, 0.6) is 0 Å². The van der Waals surface area contributed by atoms with Crippen LogP contribution >= 0.6 is 22.9 Å². The van der Waals surface area contributed by atoms with E-state index >= 15 is 0 Å². The van der Waals surface area contributed by atoms with E-state index in [1.807, 2.05) is 22.9 Å². The second-order valence-electron chi connectivity index (χ2n) is 4.64. The number of hydrogen-bond donors (Lipinski definition) is 0. The molecule has 106 valence electrons. The second-order valence-corrected chi connectivity index (χ2v) is 5.87. The number of halogens is 1. The molecule has 1 fully saturated rings. The molecule has 2 aromatic rings. The van der Waals surface area contributed by atoms with E-state index in [1.165, 1.54) is 11.3 Å². The van der Waals surface area contributed by atoms with Gasteiger partial charge in [-0.3, -0.25) is 9.20 Å². The first kappa shape index (κ1) is 13.6. The number of nitrogens with zero attached hydrogens (tertiary/aromatic N) is 3. The molecule has 3 heterocycles. The molecule has 0 N–H and O–H groups in total. The zero-order valence-electron chi connectivity index (χ0n) is 11.0. The van der Waals surface area contributed by atoms with Gasteiger partial charge < -0.3 is 9.64 Å². The van der Waals surface area contributed by atoms with Gasteiger partial charge in [-0.15, -0.1) is 11.3 Å². The van der Waals surface area contributed by atoms with E-state index < -0.39 is 0 Å². The van der Waals surface area contributed by atoms with Crippen molar-refractivity contribution < 1.29 is 9.53 Å². The van der Waals surface area contributed by atoms with Crippen LogP contribution in [0.3, 0.4) is 0 Å². The van der Waals surface area contributed by atoms with Crippen molar-refractivity contribution in [3.05, 3.63) is 28.5 Å². The minimum absolute atomic E-state index is 0.0265. The van der Waals surface area contributed by atoms with Crippen molar-refractivity contribution in [3.63, 3.8) is 0 Å². The molecule has 3 rings (SSSR count). The maximum atomic E-state index is 12.1. The van der Waals surface area contributed by atoms with Crippen LogP contribution in [0.2, 0.25) is 5.15 Å². The SMILES string of the molecule is CC1CN(C(=O)C=Cc2c(Cl)nc3sccn23)CCO1. The molecule has 0 aliphatic carbocycles. The van der Waals surface area contributed by atoms with Crippen LogP contribution < -0.4 is 0 Å². The number of thiazole rings is 1. The summed E-state index contributed by atoms with van der Waals surface area (Å²) in [4.78, 5) is 19.0. The zero-order valence-corrected chi connectivity index (χ0v) is 12.5. The number of carbonyl (C=O) groups excluding carboxylic acids is 1. The van der Waals surface area contributed by atoms with Crippen LogP contribution in [0, 0.1) is 0 Å². The molecule has 20 heavy (non-hydrogen) atoms. The minimum atomic E-state index is -0.0265. The van der Waals surface area contributed by atoms with Gasteiger partial charge >= 0.3 is 0 Å². The van der Waals surface area contributed by atoms with E-state index in [9.17, 15) is 4.79 Å². The fraction of sp³-hybridized carbons (Fsp3) is 0.385. The van der Waals surface area contributed by atoms with Crippen LogP contribution in [0.15, 0.2) is 17.7 Å². The molecule has 1 amide bonds. The van der Waals surface area contributed by atoms with E-state index in [0.717, 1.165) is 10.7 Å². The van der Waals surface area contributed by atoms with Crippen LogP contribution in [-0.2, 0) is 9.53 Å². The third-order valence-electron chi connectivity index (χ3n) is 3.19. The summed E-state index contributed by atoms with van der Waals surface area (Å²) in [5, 5.41) is 2.35. The van der Waals surface area contributed by atoms with Gasteiger partial charge in [0.05, 0.1) is 18.4 Å². The summed E-state index contributed by atoms with van der Waals surface area (Å²) in [7, 11) is 0. The molecular weight excluding hydrogens is 298 g/mol. The molecule has 1 aliphatic heterocycles. The van der Waals surface area contributed by atoms with Gasteiger partial charge in [0.15, 0.2) is 10.1 Å². The molecule has 2 aromatic heterocycles. The minimum Gasteiger partial charge on any atom is -0.375 e. The predicted molar refractivity (Wildman–Crippen MR) is 79.1 cm³/mol. The van der Waals surface area contributed by atoms with Crippen molar-refractivity contribution in [2.24, 2.45) is 0 Å². The Hall–Kier alpha value is -1.37. The van der Waals surface area contributed by atoms with Crippen molar-refractivity contribution in [3.8, 4) is 0 Å². The average Bonchev–Trinajstić information content (AvgIpc) is 2.97. The van der Waals surface area contributed by atoms with Crippen LogP contribution in [-0.4, -0.2) is 46.0 Å². The summed E-state index contributed by atoms with van der Waals surface area (Å²) < 4.78 is 7.30. The largest absolute Gasteiger partial charge is 0.375 e. The Balaban J connectivity index is 1.78. The Morgan fingerprint density at radius 1 is 1.65 bits per heavy atom. The second kappa shape index (κ2) is 5.55. The van der Waals surface area contributed by atoms with Gasteiger partial charge in [0.25, 0.3) is 0 Å². The number of imidazole rings is 1. The number of morpholine rings is 1. The lowest BCUT2D eigenvalue weighted by molar-refractivity contribution is -0.132. The van der Waals surface area contributed by atoms with Crippen molar-refractivity contribution >= 4 is 39.9 Å². The highest BCUT2D eigenvalue weighted by atomic mass is 35.5. The monoisotopic (exact) mass is 311 g/mol. The van der Waals surface area contributed by atoms with Crippen LogP contribution in [0.4, 0.5) is 0 Å². The summed E-state index contributed by atoms with van der Waals surface area (Å²) in [6.45, 7) is 3.80. The summed E-state index contributed by atoms with van der Waals surface area (Å²) in [6.07, 6.45) is 5.24. The lowest BCUT2D eigenvalue weighted by Crippen LogP contribution is -2.43. The molecule has 1 atom stereocenters. The molecule has 0 saturated carbocycles. The van der Waals surface area contributed by atoms with Crippen molar-refractivity contribution in [1.29, 1.82) is 0 Å². The summed E-state index contributed by atoms with van der Waals surface area (Å²) in [5.41, 5.74) is 0.734. The summed E-state index contributed by atoms with van der Waals surface area (Å²) >= 11 is 7.59. The third kappa shape index (κ3) is 2.59. The topological polar surface area (TPSA) is 46.8 Å². The van der Waals surface area contributed by atoms with E-state index in [-0.39, 0.29) is 12.0 Å². The number of hydrogen-bond acceptors (Lipinski definition) is 4. The zero-order chi connectivity index (χ0) is 14.1. The highest BCUT2D eigenvalue weighted by Crippen LogP contribution is 2.22. The van der Waals surface area contributed by atoms with Gasteiger partial charge in [-0.2, -0.15) is 0 Å². The van der Waals surface area contributed by atoms with Crippen molar-refractivity contribution in [2.45, 2.75) is 13.0 Å². The normalized spacial score (nSPS) is 20.1. The van der Waals surface area contributed by atoms with E-state index in [2.05, 4.69) is 4.98 Å². The maximum absolute atomic E-state index is 12.1. The van der Waals surface area contributed by atoms with Gasteiger partial charge in [0, 0.05) is 30.7 Å². The van der Waals surface area contributed by atoms with E-state index in [4.69, 9.17) is 16.3 Å². The molecule has 7 heteroatoms. The Bertz CT molecular complexity index is 664.